The number of amides is 1. The summed E-state index contributed by atoms with van der Waals surface area (Å²) in [6.07, 6.45) is 0. The Labute approximate surface area is 119 Å². The molecule has 0 bridgehead atoms. The molecule has 1 heterocycles. The van der Waals surface area contributed by atoms with Crippen LogP contribution in [0.2, 0.25) is 0 Å². The van der Waals surface area contributed by atoms with E-state index in [1.165, 1.54) is 18.2 Å². The second kappa shape index (κ2) is 4.89. The summed E-state index contributed by atoms with van der Waals surface area (Å²) in [6.45, 7) is 0. The molecule has 1 atom stereocenters. The van der Waals surface area contributed by atoms with Gasteiger partial charge in [-0.25, -0.2) is 4.39 Å². The topological polar surface area (TPSA) is 88.1 Å². The highest BCUT2D eigenvalue weighted by molar-refractivity contribution is 6.02. The third-order valence-corrected chi connectivity index (χ3v) is 3.22. The largest absolute Gasteiger partial charge is 0.456 e. The first-order chi connectivity index (χ1) is 10.1. The number of nitrogens with one attached hydrogen (secondary N) is 1. The highest BCUT2D eigenvalue weighted by Crippen LogP contribution is 2.34. The SMILES string of the molecule is N#Cc1c(F)cccc1Oc1ccc2c(c1)NC(=O)C2N. The molecule has 0 fully saturated rings. The molecule has 0 aliphatic carbocycles. The van der Waals surface area contributed by atoms with Crippen molar-refractivity contribution in [3.05, 3.63) is 53.3 Å². The molecule has 3 N–H and O–H groups in total. The predicted molar refractivity (Wildman–Crippen MR) is 73.2 cm³/mol. The van der Waals surface area contributed by atoms with Crippen LogP contribution in [-0.2, 0) is 4.79 Å². The summed E-state index contributed by atoms with van der Waals surface area (Å²) in [5, 5.41) is 11.6. The van der Waals surface area contributed by atoms with E-state index in [4.69, 9.17) is 15.7 Å². The molecule has 3 rings (SSSR count). The zero-order valence-electron chi connectivity index (χ0n) is 10.8. The van der Waals surface area contributed by atoms with Crippen molar-refractivity contribution in [3.8, 4) is 17.6 Å². The Morgan fingerprint density at radius 2 is 2.14 bits per heavy atom. The molecular weight excluding hydrogens is 273 g/mol. The Morgan fingerprint density at radius 3 is 2.90 bits per heavy atom. The maximum absolute atomic E-state index is 13.5. The van der Waals surface area contributed by atoms with Crippen LogP contribution in [0.4, 0.5) is 10.1 Å². The average Bonchev–Trinajstić information content (AvgIpc) is 2.74. The fourth-order valence-corrected chi connectivity index (χ4v) is 2.15. The van der Waals surface area contributed by atoms with Gasteiger partial charge in [-0.2, -0.15) is 5.26 Å². The van der Waals surface area contributed by atoms with E-state index in [0.717, 1.165) is 0 Å². The van der Waals surface area contributed by atoms with Gasteiger partial charge in [0, 0.05) is 17.3 Å². The lowest BCUT2D eigenvalue weighted by atomic mass is 10.1. The zero-order chi connectivity index (χ0) is 15.0. The maximum Gasteiger partial charge on any atom is 0.245 e. The van der Waals surface area contributed by atoms with Crippen LogP contribution in [0.5, 0.6) is 11.5 Å². The first-order valence-corrected chi connectivity index (χ1v) is 6.17. The Morgan fingerprint density at radius 1 is 1.33 bits per heavy atom. The summed E-state index contributed by atoms with van der Waals surface area (Å²) in [4.78, 5) is 11.5. The minimum Gasteiger partial charge on any atom is -0.456 e. The molecule has 1 aliphatic heterocycles. The minimum absolute atomic E-state index is 0.117. The third-order valence-electron chi connectivity index (χ3n) is 3.22. The van der Waals surface area contributed by atoms with Crippen LogP contribution in [-0.4, -0.2) is 5.91 Å². The van der Waals surface area contributed by atoms with Gasteiger partial charge in [0.15, 0.2) is 0 Å². The Bertz CT molecular complexity index is 783. The molecule has 0 radical (unpaired) electrons. The predicted octanol–water partition coefficient (Wildman–Crippen LogP) is 2.44. The van der Waals surface area contributed by atoms with Gasteiger partial charge < -0.3 is 15.8 Å². The normalized spacial score (nSPS) is 16.0. The monoisotopic (exact) mass is 283 g/mol. The molecule has 2 aromatic rings. The molecule has 0 saturated heterocycles. The van der Waals surface area contributed by atoms with E-state index < -0.39 is 11.9 Å². The highest BCUT2D eigenvalue weighted by Gasteiger charge is 2.27. The van der Waals surface area contributed by atoms with Crippen molar-refractivity contribution in [1.82, 2.24) is 0 Å². The highest BCUT2D eigenvalue weighted by atomic mass is 19.1. The van der Waals surface area contributed by atoms with Crippen LogP contribution in [0, 0.1) is 17.1 Å². The molecule has 104 valence electrons. The fourth-order valence-electron chi connectivity index (χ4n) is 2.15. The molecule has 5 nitrogen and oxygen atoms in total. The Kier molecular flexibility index (Phi) is 3.05. The van der Waals surface area contributed by atoms with Gasteiger partial charge in [0.05, 0.1) is 0 Å². The lowest BCUT2D eigenvalue weighted by Crippen LogP contribution is -2.19. The van der Waals surface area contributed by atoms with Crippen LogP contribution in [0.25, 0.3) is 0 Å². The van der Waals surface area contributed by atoms with E-state index in [9.17, 15) is 9.18 Å². The van der Waals surface area contributed by atoms with Gasteiger partial charge in [0.25, 0.3) is 0 Å². The number of nitrogens with two attached hydrogens (primary N) is 1. The smallest absolute Gasteiger partial charge is 0.245 e. The first-order valence-electron chi connectivity index (χ1n) is 6.17. The van der Waals surface area contributed by atoms with Crippen LogP contribution < -0.4 is 15.8 Å². The lowest BCUT2D eigenvalue weighted by Gasteiger charge is -2.09. The number of ether oxygens (including phenoxy) is 1. The summed E-state index contributed by atoms with van der Waals surface area (Å²) in [7, 11) is 0. The van der Waals surface area contributed by atoms with Crippen molar-refractivity contribution in [2.24, 2.45) is 5.73 Å². The van der Waals surface area contributed by atoms with Crippen LogP contribution in [0.15, 0.2) is 36.4 Å². The number of nitrogens with zero attached hydrogens (tertiary/aromatic N) is 1. The van der Waals surface area contributed by atoms with Crippen molar-refractivity contribution in [3.63, 3.8) is 0 Å². The number of fused-ring (bicyclic) bond motifs is 1. The van der Waals surface area contributed by atoms with E-state index in [0.29, 0.717) is 17.0 Å². The number of hydrogen-bond acceptors (Lipinski definition) is 4. The van der Waals surface area contributed by atoms with Crippen molar-refractivity contribution in [1.29, 1.82) is 5.26 Å². The number of halogens is 1. The van der Waals surface area contributed by atoms with Gasteiger partial charge in [-0.15, -0.1) is 0 Å². The van der Waals surface area contributed by atoms with Gasteiger partial charge in [-0.3, -0.25) is 4.79 Å². The van der Waals surface area contributed by atoms with Crippen molar-refractivity contribution < 1.29 is 13.9 Å². The molecular formula is C15H10FN3O2. The number of hydrogen-bond donors (Lipinski definition) is 2. The molecule has 0 spiro atoms. The first kappa shape index (κ1) is 13.1. The third kappa shape index (κ3) is 2.20. The van der Waals surface area contributed by atoms with Gasteiger partial charge in [0.2, 0.25) is 5.91 Å². The zero-order valence-corrected chi connectivity index (χ0v) is 10.8. The number of benzene rings is 2. The van der Waals surface area contributed by atoms with Gasteiger partial charge in [-0.05, 0) is 18.2 Å². The summed E-state index contributed by atoms with van der Waals surface area (Å²) in [5.74, 6) is -0.437. The number of carbonyl (C=O) groups is 1. The van der Waals surface area contributed by atoms with Crippen molar-refractivity contribution in [2.75, 3.05) is 5.32 Å². The summed E-state index contributed by atoms with van der Waals surface area (Å²) < 4.78 is 19.0. The fraction of sp³-hybridized carbons (Fsp3) is 0.0667. The van der Waals surface area contributed by atoms with Gasteiger partial charge in [0.1, 0.15) is 35.0 Å². The van der Waals surface area contributed by atoms with Crippen molar-refractivity contribution in [2.45, 2.75) is 6.04 Å². The van der Waals surface area contributed by atoms with E-state index in [1.807, 2.05) is 0 Å². The number of anilines is 1. The number of carbonyl (C=O) groups excluding carboxylic acids is 1. The summed E-state index contributed by atoms with van der Waals surface area (Å²) in [5.41, 5.74) is 6.77. The second-order valence-corrected chi connectivity index (χ2v) is 4.54. The van der Waals surface area contributed by atoms with Crippen LogP contribution in [0.3, 0.4) is 0 Å². The average molecular weight is 283 g/mol. The van der Waals surface area contributed by atoms with Gasteiger partial charge in [-0.1, -0.05) is 12.1 Å². The number of nitriles is 1. The second-order valence-electron chi connectivity index (χ2n) is 4.54. The van der Waals surface area contributed by atoms with E-state index in [1.54, 1.807) is 24.3 Å². The summed E-state index contributed by atoms with van der Waals surface area (Å²) in [6, 6.07) is 10.1. The molecule has 6 heteroatoms. The minimum atomic E-state index is -0.696. The molecule has 0 aromatic heterocycles. The van der Waals surface area contributed by atoms with Crippen molar-refractivity contribution >= 4 is 11.6 Å². The van der Waals surface area contributed by atoms with E-state index in [2.05, 4.69) is 5.32 Å². The quantitative estimate of drug-likeness (QED) is 0.886. The van der Waals surface area contributed by atoms with Crippen LogP contribution in [0.1, 0.15) is 17.2 Å². The standard InChI is InChI=1S/C15H10FN3O2/c16-11-2-1-3-13(10(11)7-17)21-8-4-5-9-12(6-8)19-15(20)14(9)18/h1-6,14H,18H2,(H,19,20). The lowest BCUT2D eigenvalue weighted by molar-refractivity contribution is -0.116. The van der Waals surface area contributed by atoms with E-state index >= 15 is 0 Å². The molecule has 21 heavy (non-hydrogen) atoms. The molecule has 1 unspecified atom stereocenters. The summed E-state index contributed by atoms with van der Waals surface area (Å²) >= 11 is 0. The molecule has 0 saturated carbocycles. The molecule has 1 aliphatic rings. The van der Waals surface area contributed by atoms with Gasteiger partial charge >= 0.3 is 0 Å². The molecule has 2 aromatic carbocycles. The Hall–Kier alpha value is -2.91. The maximum atomic E-state index is 13.5. The van der Waals surface area contributed by atoms with Crippen LogP contribution >= 0.6 is 0 Å². The number of rotatable bonds is 2. The molecule has 1 amide bonds. The Balaban J connectivity index is 1.95. The van der Waals surface area contributed by atoms with E-state index in [-0.39, 0.29) is 17.2 Å².